The van der Waals surface area contributed by atoms with Crippen LogP contribution in [0.3, 0.4) is 0 Å². The van der Waals surface area contributed by atoms with E-state index >= 15 is 0 Å². The number of aromatic nitrogens is 2. The third kappa shape index (κ3) is 3.35. The van der Waals surface area contributed by atoms with E-state index in [4.69, 9.17) is 0 Å². The van der Waals surface area contributed by atoms with Gasteiger partial charge in [0.1, 0.15) is 17.5 Å². The van der Waals surface area contributed by atoms with E-state index in [1.807, 2.05) is 0 Å². The maximum absolute atomic E-state index is 13.3. The highest BCUT2D eigenvalue weighted by Crippen LogP contribution is 2.08. The molecule has 0 amide bonds. The molecule has 2 rings (SSSR count). The van der Waals surface area contributed by atoms with Crippen molar-refractivity contribution in [2.75, 3.05) is 6.54 Å². The first kappa shape index (κ1) is 11.7. The summed E-state index contributed by atoms with van der Waals surface area (Å²) in [4.78, 5) is 7.05. The lowest BCUT2D eigenvalue weighted by Crippen LogP contribution is -2.18. The molecule has 1 heterocycles. The Kier molecular flexibility index (Phi) is 3.82. The normalized spacial score (nSPS) is 10.7. The second-order valence-corrected chi connectivity index (χ2v) is 3.70. The predicted molar refractivity (Wildman–Crippen MR) is 60.4 cm³/mol. The number of rotatable bonds is 5. The van der Waals surface area contributed by atoms with Crippen molar-refractivity contribution in [1.82, 2.24) is 15.3 Å². The van der Waals surface area contributed by atoms with Crippen molar-refractivity contribution < 1.29 is 8.78 Å². The van der Waals surface area contributed by atoms with E-state index in [0.29, 0.717) is 18.7 Å². The van der Waals surface area contributed by atoms with Crippen LogP contribution in [0.2, 0.25) is 0 Å². The lowest BCUT2D eigenvalue weighted by atomic mass is 10.2. The number of halogens is 2. The van der Waals surface area contributed by atoms with Gasteiger partial charge >= 0.3 is 0 Å². The molecule has 17 heavy (non-hydrogen) atoms. The maximum Gasteiger partial charge on any atom is 0.130 e. The molecule has 5 heteroatoms. The van der Waals surface area contributed by atoms with Crippen LogP contribution in [-0.4, -0.2) is 16.5 Å². The fraction of sp³-hybridized carbons (Fsp3) is 0.250. The first-order valence-corrected chi connectivity index (χ1v) is 5.38. The number of H-pyrrole nitrogens is 1. The number of hydrogen-bond acceptors (Lipinski definition) is 2. The molecule has 0 saturated heterocycles. The number of hydrogen-bond donors (Lipinski definition) is 2. The Morgan fingerprint density at radius 3 is 2.88 bits per heavy atom. The number of aromatic amines is 1. The third-order valence-electron chi connectivity index (χ3n) is 2.42. The average molecular weight is 237 g/mol. The minimum Gasteiger partial charge on any atom is -0.349 e. The highest BCUT2D eigenvalue weighted by atomic mass is 19.1. The van der Waals surface area contributed by atoms with E-state index in [-0.39, 0.29) is 0 Å². The highest BCUT2D eigenvalue weighted by molar-refractivity contribution is 5.18. The van der Waals surface area contributed by atoms with Gasteiger partial charge in [-0.3, -0.25) is 0 Å². The summed E-state index contributed by atoms with van der Waals surface area (Å²) < 4.78 is 25.9. The Labute approximate surface area is 97.9 Å². The molecule has 0 saturated carbocycles. The summed E-state index contributed by atoms with van der Waals surface area (Å²) in [5, 5.41) is 3.08. The number of imidazole rings is 1. The molecule has 0 radical (unpaired) electrons. The molecule has 0 fully saturated rings. The minimum atomic E-state index is -0.554. The SMILES string of the molecule is Fc1ccc(CNCCc2ncc[nH]2)c(F)c1. The Morgan fingerprint density at radius 1 is 1.29 bits per heavy atom. The molecule has 0 aliphatic heterocycles. The zero-order valence-corrected chi connectivity index (χ0v) is 9.21. The molecule has 1 aromatic carbocycles. The van der Waals surface area contributed by atoms with Crippen LogP contribution in [0.15, 0.2) is 30.6 Å². The fourth-order valence-electron chi connectivity index (χ4n) is 1.53. The first-order valence-electron chi connectivity index (χ1n) is 5.38. The Bertz CT molecular complexity index is 469. The van der Waals surface area contributed by atoms with E-state index in [2.05, 4.69) is 15.3 Å². The molecule has 1 aromatic heterocycles. The summed E-state index contributed by atoms with van der Waals surface area (Å²) in [6.45, 7) is 1.07. The van der Waals surface area contributed by atoms with Gasteiger partial charge in [0.25, 0.3) is 0 Å². The number of benzene rings is 1. The fourth-order valence-corrected chi connectivity index (χ4v) is 1.53. The highest BCUT2D eigenvalue weighted by Gasteiger charge is 2.03. The second-order valence-electron chi connectivity index (χ2n) is 3.70. The molecule has 2 N–H and O–H groups in total. The van der Waals surface area contributed by atoms with E-state index in [9.17, 15) is 8.78 Å². The first-order chi connectivity index (χ1) is 8.25. The summed E-state index contributed by atoms with van der Waals surface area (Å²) in [6.07, 6.45) is 4.19. The summed E-state index contributed by atoms with van der Waals surface area (Å²) in [6, 6.07) is 3.60. The predicted octanol–water partition coefficient (Wildman–Crippen LogP) is 2.02. The van der Waals surface area contributed by atoms with Crippen molar-refractivity contribution in [3.05, 3.63) is 53.6 Å². The van der Waals surface area contributed by atoms with Crippen LogP contribution >= 0.6 is 0 Å². The zero-order valence-electron chi connectivity index (χ0n) is 9.21. The molecule has 0 aliphatic carbocycles. The van der Waals surface area contributed by atoms with Crippen molar-refractivity contribution in [3.8, 4) is 0 Å². The second kappa shape index (κ2) is 5.54. The van der Waals surface area contributed by atoms with E-state index in [1.54, 1.807) is 12.4 Å². The molecule has 90 valence electrons. The average Bonchev–Trinajstić information content (AvgIpc) is 2.79. The molecule has 0 atom stereocenters. The third-order valence-corrected chi connectivity index (χ3v) is 2.42. The van der Waals surface area contributed by atoms with Crippen LogP contribution in [-0.2, 0) is 13.0 Å². The largest absolute Gasteiger partial charge is 0.349 e. The maximum atomic E-state index is 13.3. The Hall–Kier alpha value is -1.75. The van der Waals surface area contributed by atoms with Crippen LogP contribution < -0.4 is 5.32 Å². The summed E-state index contributed by atoms with van der Waals surface area (Å²) >= 11 is 0. The lowest BCUT2D eigenvalue weighted by molar-refractivity contribution is 0.560. The monoisotopic (exact) mass is 237 g/mol. The van der Waals surface area contributed by atoms with Gasteiger partial charge in [0.15, 0.2) is 0 Å². The molecular formula is C12H13F2N3. The molecule has 0 unspecified atom stereocenters. The van der Waals surface area contributed by atoms with Gasteiger partial charge in [-0.2, -0.15) is 0 Å². The van der Waals surface area contributed by atoms with Gasteiger partial charge in [-0.05, 0) is 6.07 Å². The Morgan fingerprint density at radius 2 is 2.18 bits per heavy atom. The van der Waals surface area contributed by atoms with Gasteiger partial charge in [-0.25, -0.2) is 13.8 Å². The van der Waals surface area contributed by atoms with Gasteiger partial charge in [0, 0.05) is 43.5 Å². The Balaban J connectivity index is 1.78. The van der Waals surface area contributed by atoms with Gasteiger partial charge in [0.2, 0.25) is 0 Å². The van der Waals surface area contributed by atoms with Crippen molar-refractivity contribution >= 4 is 0 Å². The van der Waals surface area contributed by atoms with E-state index in [1.165, 1.54) is 12.1 Å². The summed E-state index contributed by atoms with van der Waals surface area (Å²) in [5.74, 6) is -0.186. The van der Waals surface area contributed by atoms with Gasteiger partial charge in [-0.1, -0.05) is 6.07 Å². The minimum absolute atomic E-state index is 0.382. The van der Waals surface area contributed by atoms with Crippen LogP contribution in [0.4, 0.5) is 8.78 Å². The van der Waals surface area contributed by atoms with Crippen molar-refractivity contribution in [2.45, 2.75) is 13.0 Å². The smallest absolute Gasteiger partial charge is 0.130 e. The van der Waals surface area contributed by atoms with Crippen LogP contribution in [0.5, 0.6) is 0 Å². The van der Waals surface area contributed by atoms with Crippen LogP contribution in [0, 0.1) is 11.6 Å². The molecule has 2 aromatic rings. The number of nitrogens with one attached hydrogen (secondary N) is 2. The zero-order chi connectivity index (χ0) is 12.1. The quantitative estimate of drug-likeness (QED) is 0.781. The van der Waals surface area contributed by atoms with Gasteiger partial charge < -0.3 is 10.3 Å². The standard InChI is InChI=1S/C12H13F2N3/c13-10-2-1-9(11(14)7-10)8-15-4-3-12-16-5-6-17-12/h1-2,5-7,15H,3-4,8H2,(H,16,17). The molecule has 3 nitrogen and oxygen atoms in total. The van der Waals surface area contributed by atoms with Crippen molar-refractivity contribution in [1.29, 1.82) is 0 Å². The number of nitrogens with zero attached hydrogens (tertiary/aromatic N) is 1. The lowest BCUT2D eigenvalue weighted by Gasteiger charge is -2.05. The van der Waals surface area contributed by atoms with Gasteiger partial charge in [-0.15, -0.1) is 0 Å². The summed E-state index contributed by atoms with van der Waals surface area (Å²) in [7, 11) is 0. The molecule has 0 spiro atoms. The van der Waals surface area contributed by atoms with E-state index in [0.717, 1.165) is 18.3 Å². The molecule has 0 bridgehead atoms. The van der Waals surface area contributed by atoms with Crippen LogP contribution in [0.1, 0.15) is 11.4 Å². The van der Waals surface area contributed by atoms with Crippen molar-refractivity contribution in [2.24, 2.45) is 0 Å². The molecular weight excluding hydrogens is 224 g/mol. The van der Waals surface area contributed by atoms with Gasteiger partial charge in [0.05, 0.1) is 0 Å². The summed E-state index contributed by atoms with van der Waals surface area (Å²) in [5.41, 5.74) is 0.464. The van der Waals surface area contributed by atoms with Crippen LogP contribution in [0.25, 0.3) is 0 Å². The molecule has 0 aliphatic rings. The van der Waals surface area contributed by atoms with E-state index < -0.39 is 11.6 Å². The van der Waals surface area contributed by atoms with Crippen molar-refractivity contribution in [3.63, 3.8) is 0 Å². The topological polar surface area (TPSA) is 40.7 Å².